The zero-order valence-corrected chi connectivity index (χ0v) is 11.6. The fourth-order valence-electron chi connectivity index (χ4n) is 2.21. The van der Waals surface area contributed by atoms with E-state index in [2.05, 4.69) is 4.74 Å². The van der Waals surface area contributed by atoms with Crippen LogP contribution in [0.4, 0.5) is 19.0 Å². The van der Waals surface area contributed by atoms with Crippen molar-refractivity contribution in [3.8, 4) is 0 Å². The Bertz CT molecular complexity index is 716. The molecule has 2 N–H and O–H groups in total. The maximum Gasteiger partial charge on any atom is 0.406 e. The zero-order valence-electron chi connectivity index (χ0n) is 11.6. The third-order valence-corrected chi connectivity index (χ3v) is 3.58. The standard InChI is InChI=1S/C12H14F3N3O4/c1-22-9(20)11(2-3-11)5-18-8(19)4-7(16)17(10(18)21)6-12(13,14)15/h4H,2-3,5-6,16H2,1H3. The van der Waals surface area contributed by atoms with Gasteiger partial charge in [-0.3, -0.25) is 18.7 Å². The predicted octanol–water partition coefficient (Wildman–Crippen LogP) is 0.108. The molecule has 0 radical (unpaired) electrons. The van der Waals surface area contributed by atoms with Crippen LogP contribution in [0, 0.1) is 5.41 Å². The fraction of sp³-hybridized carbons (Fsp3) is 0.583. The van der Waals surface area contributed by atoms with E-state index >= 15 is 0 Å². The predicted molar refractivity (Wildman–Crippen MR) is 69.1 cm³/mol. The molecule has 0 saturated heterocycles. The van der Waals surface area contributed by atoms with Crippen molar-refractivity contribution in [2.24, 2.45) is 5.41 Å². The third-order valence-electron chi connectivity index (χ3n) is 3.58. The molecule has 1 saturated carbocycles. The summed E-state index contributed by atoms with van der Waals surface area (Å²) in [5.74, 6) is -1.18. The van der Waals surface area contributed by atoms with Gasteiger partial charge in [-0.2, -0.15) is 13.2 Å². The summed E-state index contributed by atoms with van der Waals surface area (Å²) in [6.07, 6.45) is -3.87. The maximum atomic E-state index is 12.5. The van der Waals surface area contributed by atoms with Gasteiger partial charge in [0.2, 0.25) is 0 Å². The van der Waals surface area contributed by atoms with Crippen LogP contribution in [-0.4, -0.2) is 28.4 Å². The molecular weight excluding hydrogens is 307 g/mol. The number of hydrogen-bond donors (Lipinski definition) is 1. The van der Waals surface area contributed by atoms with E-state index in [1.165, 1.54) is 0 Å². The van der Waals surface area contributed by atoms with Crippen LogP contribution in [0.2, 0.25) is 0 Å². The molecule has 0 aliphatic heterocycles. The topological polar surface area (TPSA) is 96.3 Å². The van der Waals surface area contributed by atoms with Crippen molar-refractivity contribution < 1.29 is 22.7 Å². The number of methoxy groups -OCH3 is 1. The Kier molecular flexibility index (Phi) is 3.80. The molecule has 0 aromatic carbocycles. The maximum absolute atomic E-state index is 12.5. The number of rotatable bonds is 4. The van der Waals surface area contributed by atoms with Gasteiger partial charge in [0.05, 0.1) is 12.5 Å². The lowest BCUT2D eigenvalue weighted by molar-refractivity contribution is -0.148. The molecule has 7 nitrogen and oxygen atoms in total. The second-order valence-corrected chi connectivity index (χ2v) is 5.25. The monoisotopic (exact) mass is 321 g/mol. The van der Waals surface area contributed by atoms with E-state index < -0.39 is 41.2 Å². The molecule has 122 valence electrons. The molecule has 1 heterocycles. The van der Waals surface area contributed by atoms with Gasteiger partial charge in [0.1, 0.15) is 12.4 Å². The van der Waals surface area contributed by atoms with Gasteiger partial charge in [-0.1, -0.05) is 0 Å². The largest absolute Gasteiger partial charge is 0.469 e. The first-order valence-electron chi connectivity index (χ1n) is 6.35. The molecule has 0 spiro atoms. The molecule has 22 heavy (non-hydrogen) atoms. The van der Waals surface area contributed by atoms with Crippen LogP contribution in [0.25, 0.3) is 0 Å². The summed E-state index contributed by atoms with van der Waals surface area (Å²) in [5.41, 5.74) is 2.25. The van der Waals surface area contributed by atoms with Gasteiger partial charge >= 0.3 is 17.8 Å². The zero-order chi connectivity index (χ0) is 16.7. The van der Waals surface area contributed by atoms with Gasteiger partial charge in [-0.15, -0.1) is 0 Å². The Labute approximate surface area is 122 Å². The highest BCUT2D eigenvalue weighted by Gasteiger charge is 2.52. The molecule has 1 aromatic heterocycles. The SMILES string of the molecule is COC(=O)C1(Cn2c(=O)cc(N)n(CC(F)(F)F)c2=O)CC1. The molecule has 1 aliphatic rings. The van der Waals surface area contributed by atoms with Crippen molar-refractivity contribution in [2.75, 3.05) is 12.8 Å². The Morgan fingerprint density at radius 2 is 1.95 bits per heavy atom. The quantitative estimate of drug-likeness (QED) is 0.794. The van der Waals surface area contributed by atoms with Crippen LogP contribution in [-0.2, 0) is 22.6 Å². The van der Waals surface area contributed by atoms with E-state index in [0.717, 1.165) is 13.2 Å². The van der Waals surface area contributed by atoms with E-state index in [-0.39, 0.29) is 11.1 Å². The minimum Gasteiger partial charge on any atom is -0.469 e. The highest BCUT2D eigenvalue weighted by Crippen LogP contribution is 2.47. The summed E-state index contributed by atoms with van der Waals surface area (Å²) in [4.78, 5) is 35.6. The molecule has 0 bridgehead atoms. The number of esters is 1. The first-order chi connectivity index (χ1) is 10.1. The minimum absolute atomic E-state index is 0.259. The van der Waals surface area contributed by atoms with E-state index in [9.17, 15) is 27.6 Å². The first kappa shape index (κ1) is 16.1. The molecule has 1 aliphatic carbocycles. The number of carbonyl (C=O) groups is 1. The second-order valence-electron chi connectivity index (χ2n) is 5.25. The summed E-state index contributed by atoms with van der Waals surface area (Å²) >= 11 is 0. The Morgan fingerprint density at radius 1 is 1.36 bits per heavy atom. The molecule has 1 aromatic rings. The van der Waals surface area contributed by atoms with Gasteiger partial charge in [0, 0.05) is 12.6 Å². The van der Waals surface area contributed by atoms with Crippen LogP contribution in [0.3, 0.4) is 0 Å². The lowest BCUT2D eigenvalue weighted by Gasteiger charge is -2.17. The van der Waals surface area contributed by atoms with Crippen molar-refractivity contribution >= 4 is 11.8 Å². The smallest absolute Gasteiger partial charge is 0.406 e. The van der Waals surface area contributed by atoms with Crippen LogP contribution in [0.1, 0.15) is 12.8 Å². The van der Waals surface area contributed by atoms with Crippen molar-refractivity contribution in [1.29, 1.82) is 0 Å². The Morgan fingerprint density at radius 3 is 2.41 bits per heavy atom. The number of carbonyl (C=O) groups excluding carboxylic acids is 1. The van der Waals surface area contributed by atoms with Crippen molar-refractivity contribution in [3.05, 3.63) is 26.9 Å². The number of hydrogen-bond acceptors (Lipinski definition) is 5. The van der Waals surface area contributed by atoms with Gasteiger partial charge in [0.25, 0.3) is 5.56 Å². The number of nitrogens with zero attached hydrogens (tertiary/aromatic N) is 2. The number of anilines is 1. The minimum atomic E-state index is -4.67. The van der Waals surface area contributed by atoms with Gasteiger partial charge in [0.15, 0.2) is 0 Å². The molecular formula is C12H14F3N3O4. The summed E-state index contributed by atoms with van der Waals surface area (Å²) in [6, 6.07) is 0.737. The average molecular weight is 321 g/mol. The highest BCUT2D eigenvalue weighted by molar-refractivity contribution is 5.79. The number of nitrogens with two attached hydrogens (primary N) is 1. The molecule has 0 amide bonds. The van der Waals surface area contributed by atoms with Crippen LogP contribution < -0.4 is 17.0 Å². The number of aromatic nitrogens is 2. The summed E-state index contributed by atoms with van der Waals surface area (Å²) in [5, 5.41) is 0. The molecule has 2 rings (SSSR count). The normalized spacial score (nSPS) is 16.4. The highest BCUT2D eigenvalue weighted by atomic mass is 19.4. The lowest BCUT2D eigenvalue weighted by atomic mass is 10.1. The Balaban J connectivity index is 2.45. The summed E-state index contributed by atoms with van der Waals surface area (Å²) in [6.45, 7) is -1.93. The molecule has 10 heteroatoms. The molecule has 1 fully saturated rings. The van der Waals surface area contributed by atoms with Gasteiger partial charge in [-0.25, -0.2) is 4.79 Å². The van der Waals surface area contributed by atoms with Crippen molar-refractivity contribution in [1.82, 2.24) is 9.13 Å². The average Bonchev–Trinajstić information content (AvgIpc) is 3.18. The molecule has 0 atom stereocenters. The van der Waals surface area contributed by atoms with Gasteiger partial charge < -0.3 is 10.5 Å². The van der Waals surface area contributed by atoms with Crippen LogP contribution in [0.5, 0.6) is 0 Å². The Hall–Kier alpha value is -2.26. The van der Waals surface area contributed by atoms with E-state index in [1.807, 2.05) is 0 Å². The number of nitrogen functional groups attached to an aromatic ring is 1. The lowest BCUT2D eigenvalue weighted by Crippen LogP contribution is -2.45. The van der Waals surface area contributed by atoms with Crippen molar-refractivity contribution in [3.63, 3.8) is 0 Å². The third kappa shape index (κ3) is 3.00. The van der Waals surface area contributed by atoms with Crippen LogP contribution >= 0.6 is 0 Å². The first-order valence-corrected chi connectivity index (χ1v) is 6.35. The van der Waals surface area contributed by atoms with Crippen LogP contribution in [0.15, 0.2) is 15.7 Å². The fourth-order valence-corrected chi connectivity index (χ4v) is 2.21. The summed E-state index contributed by atoms with van der Waals surface area (Å²) in [7, 11) is 1.16. The summed E-state index contributed by atoms with van der Waals surface area (Å²) < 4.78 is 42.9. The number of alkyl halides is 3. The number of halogens is 3. The van der Waals surface area contributed by atoms with E-state index in [1.54, 1.807) is 0 Å². The van der Waals surface area contributed by atoms with E-state index in [4.69, 9.17) is 5.73 Å². The van der Waals surface area contributed by atoms with Crippen molar-refractivity contribution in [2.45, 2.75) is 32.1 Å². The van der Waals surface area contributed by atoms with E-state index in [0.29, 0.717) is 17.4 Å². The molecule has 0 unspecified atom stereocenters. The van der Waals surface area contributed by atoms with Gasteiger partial charge in [-0.05, 0) is 12.8 Å². The second kappa shape index (κ2) is 5.18. The number of ether oxygens (including phenoxy) is 1.